The van der Waals surface area contributed by atoms with E-state index in [0.717, 1.165) is 24.2 Å². The molecule has 1 N–H and O–H groups in total. The van der Waals surface area contributed by atoms with Crippen molar-refractivity contribution in [2.45, 2.75) is 20.1 Å². The molecular formula is C16H16ClN3O. The van der Waals surface area contributed by atoms with Crippen molar-refractivity contribution in [2.24, 2.45) is 0 Å². The summed E-state index contributed by atoms with van der Waals surface area (Å²) < 4.78 is 5.69. The van der Waals surface area contributed by atoms with Crippen LogP contribution in [0.4, 0.5) is 0 Å². The molecule has 0 unspecified atom stereocenters. The Morgan fingerprint density at radius 3 is 2.86 bits per heavy atom. The molecule has 0 atom stereocenters. The second kappa shape index (κ2) is 7.63. The van der Waals surface area contributed by atoms with Crippen LogP contribution < -0.4 is 10.1 Å². The number of pyridine rings is 1. The smallest absolute Gasteiger partial charge is 0.140 e. The molecule has 1 aromatic heterocycles. The van der Waals surface area contributed by atoms with E-state index in [9.17, 15) is 0 Å². The van der Waals surface area contributed by atoms with Crippen LogP contribution in [-0.2, 0) is 13.2 Å². The third-order valence-electron chi connectivity index (χ3n) is 2.91. The molecule has 0 radical (unpaired) electrons. The predicted molar refractivity (Wildman–Crippen MR) is 82.1 cm³/mol. The molecule has 0 bridgehead atoms. The number of nitrogens with one attached hydrogen (secondary N) is 1. The summed E-state index contributed by atoms with van der Waals surface area (Å²) in [5, 5.41) is 12.6. The fourth-order valence-corrected chi connectivity index (χ4v) is 2.08. The van der Waals surface area contributed by atoms with Gasteiger partial charge in [0.1, 0.15) is 24.1 Å². The molecule has 0 spiro atoms. The molecule has 1 heterocycles. The molecule has 2 rings (SSSR count). The van der Waals surface area contributed by atoms with Crippen molar-refractivity contribution in [3.8, 4) is 11.8 Å². The zero-order valence-corrected chi connectivity index (χ0v) is 12.5. The van der Waals surface area contributed by atoms with E-state index in [1.165, 1.54) is 0 Å². The van der Waals surface area contributed by atoms with Crippen LogP contribution in [0.5, 0.6) is 5.75 Å². The first-order valence-electron chi connectivity index (χ1n) is 6.70. The minimum absolute atomic E-state index is 0.351. The van der Waals surface area contributed by atoms with Crippen molar-refractivity contribution in [1.82, 2.24) is 10.3 Å². The van der Waals surface area contributed by atoms with E-state index >= 15 is 0 Å². The topological polar surface area (TPSA) is 57.9 Å². The van der Waals surface area contributed by atoms with Crippen LogP contribution in [0.3, 0.4) is 0 Å². The Bertz CT molecular complexity index is 652. The van der Waals surface area contributed by atoms with E-state index in [2.05, 4.69) is 17.2 Å². The summed E-state index contributed by atoms with van der Waals surface area (Å²) in [5.74, 6) is 0.632. The highest BCUT2D eigenvalue weighted by Crippen LogP contribution is 2.26. The lowest BCUT2D eigenvalue weighted by Gasteiger charge is -2.10. The van der Waals surface area contributed by atoms with E-state index in [0.29, 0.717) is 23.1 Å². The summed E-state index contributed by atoms with van der Waals surface area (Å²) >= 11 is 6.22. The van der Waals surface area contributed by atoms with Gasteiger partial charge in [-0.2, -0.15) is 5.26 Å². The maximum absolute atomic E-state index is 8.81. The van der Waals surface area contributed by atoms with Crippen LogP contribution in [-0.4, -0.2) is 11.5 Å². The lowest BCUT2D eigenvalue weighted by molar-refractivity contribution is 0.306. The van der Waals surface area contributed by atoms with Gasteiger partial charge in [-0.3, -0.25) is 0 Å². The normalized spacial score (nSPS) is 10.1. The Balaban J connectivity index is 2.01. The second-order valence-corrected chi connectivity index (χ2v) is 4.90. The molecule has 0 saturated carbocycles. The molecule has 1 aromatic carbocycles. The minimum atomic E-state index is 0.351. The third kappa shape index (κ3) is 4.45. The fourth-order valence-electron chi connectivity index (χ4n) is 1.83. The van der Waals surface area contributed by atoms with Crippen molar-refractivity contribution >= 4 is 11.6 Å². The van der Waals surface area contributed by atoms with Gasteiger partial charge in [0.05, 0.1) is 5.02 Å². The van der Waals surface area contributed by atoms with Crippen molar-refractivity contribution in [1.29, 1.82) is 5.26 Å². The van der Waals surface area contributed by atoms with Crippen molar-refractivity contribution in [3.05, 3.63) is 58.4 Å². The van der Waals surface area contributed by atoms with Crippen molar-refractivity contribution in [2.75, 3.05) is 6.54 Å². The number of ether oxygens (including phenoxy) is 1. The quantitative estimate of drug-likeness (QED) is 0.889. The first kappa shape index (κ1) is 15.3. The standard InChI is InChI=1S/C16H16ClN3O/c1-2-19-10-12-3-4-16(15(17)8-12)21-11-13-5-6-20-14(7-13)9-18/h3-8,19H,2,10-11H2,1H3. The van der Waals surface area contributed by atoms with Gasteiger partial charge in [-0.25, -0.2) is 4.98 Å². The molecule has 0 aliphatic carbocycles. The predicted octanol–water partition coefficient (Wildman–Crippen LogP) is 3.30. The Morgan fingerprint density at radius 1 is 1.29 bits per heavy atom. The lowest BCUT2D eigenvalue weighted by Crippen LogP contribution is -2.11. The van der Waals surface area contributed by atoms with E-state index in [-0.39, 0.29) is 0 Å². The molecule has 5 heteroatoms. The molecule has 0 amide bonds. The Hall–Kier alpha value is -2.09. The van der Waals surface area contributed by atoms with Crippen LogP contribution in [0, 0.1) is 11.3 Å². The highest BCUT2D eigenvalue weighted by molar-refractivity contribution is 6.32. The number of hydrogen-bond acceptors (Lipinski definition) is 4. The first-order valence-corrected chi connectivity index (χ1v) is 7.07. The van der Waals surface area contributed by atoms with E-state index in [1.807, 2.05) is 30.3 Å². The number of rotatable bonds is 6. The summed E-state index contributed by atoms with van der Waals surface area (Å²) in [7, 11) is 0. The van der Waals surface area contributed by atoms with Gasteiger partial charge in [-0.1, -0.05) is 24.6 Å². The molecule has 0 aliphatic rings. The van der Waals surface area contributed by atoms with Crippen LogP contribution >= 0.6 is 11.6 Å². The molecule has 0 aliphatic heterocycles. The Labute approximate surface area is 129 Å². The SMILES string of the molecule is CCNCc1ccc(OCc2ccnc(C#N)c2)c(Cl)c1. The molecule has 108 valence electrons. The third-order valence-corrected chi connectivity index (χ3v) is 3.20. The fraction of sp³-hybridized carbons (Fsp3) is 0.250. The van der Waals surface area contributed by atoms with Crippen LogP contribution in [0.15, 0.2) is 36.5 Å². The molecule has 21 heavy (non-hydrogen) atoms. The van der Waals surface area contributed by atoms with E-state index in [4.69, 9.17) is 21.6 Å². The Morgan fingerprint density at radius 2 is 2.14 bits per heavy atom. The number of nitriles is 1. The largest absolute Gasteiger partial charge is 0.487 e. The van der Waals surface area contributed by atoms with Crippen molar-refractivity contribution in [3.63, 3.8) is 0 Å². The number of benzene rings is 1. The number of nitrogens with zero attached hydrogens (tertiary/aromatic N) is 2. The zero-order chi connectivity index (χ0) is 15.1. The van der Waals surface area contributed by atoms with Crippen LogP contribution in [0.25, 0.3) is 0 Å². The van der Waals surface area contributed by atoms with Gasteiger partial charge < -0.3 is 10.1 Å². The van der Waals surface area contributed by atoms with Crippen molar-refractivity contribution < 1.29 is 4.74 Å². The summed E-state index contributed by atoms with van der Waals surface area (Å²) in [6.45, 7) is 4.11. The minimum Gasteiger partial charge on any atom is -0.487 e. The molecule has 0 fully saturated rings. The molecule has 4 nitrogen and oxygen atoms in total. The van der Waals surface area contributed by atoms with Crippen LogP contribution in [0.1, 0.15) is 23.7 Å². The van der Waals surface area contributed by atoms with E-state index in [1.54, 1.807) is 12.3 Å². The Kier molecular flexibility index (Phi) is 5.56. The monoisotopic (exact) mass is 301 g/mol. The van der Waals surface area contributed by atoms with Gasteiger partial charge in [0.25, 0.3) is 0 Å². The first-order chi connectivity index (χ1) is 10.2. The van der Waals surface area contributed by atoms with E-state index < -0.39 is 0 Å². The van der Waals surface area contributed by atoms with Gasteiger partial charge in [-0.15, -0.1) is 0 Å². The van der Waals surface area contributed by atoms with Gasteiger partial charge in [0, 0.05) is 12.7 Å². The highest BCUT2D eigenvalue weighted by Gasteiger charge is 2.04. The average Bonchev–Trinajstić information content (AvgIpc) is 2.52. The number of aromatic nitrogens is 1. The molecule has 2 aromatic rings. The number of halogens is 1. The molecular weight excluding hydrogens is 286 g/mol. The summed E-state index contributed by atoms with van der Waals surface area (Å²) in [5.41, 5.74) is 2.38. The van der Waals surface area contributed by atoms with Crippen LogP contribution in [0.2, 0.25) is 5.02 Å². The maximum atomic E-state index is 8.81. The van der Waals surface area contributed by atoms with Gasteiger partial charge >= 0.3 is 0 Å². The zero-order valence-electron chi connectivity index (χ0n) is 11.8. The lowest BCUT2D eigenvalue weighted by atomic mass is 10.2. The molecule has 0 saturated heterocycles. The maximum Gasteiger partial charge on any atom is 0.140 e. The summed E-state index contributed by atoms with van der Waals surface area (Å²) in [6.07, 6.45) is 1.60. The summed E-state index contributed by atoms with van der Waals surface area (Å²) in [4.78, 5) is 3.92. The van der Waals surface area contributed by atoms with Gasteiger partial charge in [-0.05, 0) is 41.9 Å². The highest BCUT2D eigenvalue weighted by atomic mass is 35.5. The number of hydrogen-bond donors (Lipinski definition) is 1. The second-order valence-electron chi connectivity index (χ2n) is 4.49. The van der Waals surface area contributed by atoms with Gasteiger partial charge in [0.2, 0.25) is 0 Å². The average molecular weight is 302 g/mol. The van der Waals surface area contributed by atoms with Gasteiger partial charge in [0.15, 0.2) is 0 Å². The summed E-state index contributed by atoms with van der Waals surface area (Å²) in [6, 6.07) is 11.3.